The summed E-state index contributed by atoms with van der Waals surface area (Å²) < 4.78 is 14.1. The van der Waals surface area contributed by atoms with Gasteiger partial charge in [0.1, 0.15) is 0 Å². The SMILES string of the molecule is Cn1cc2cc(N3CCC(=O)NC3=O)cc(B3OC(C)(C)C(C)(C)O3)c2n1. The molecular weight excluding hydrogens is 347 g/mol. The van der Waals surface area contributed by atoms with E-state index in [4.69, 9.17) is 9.31 Å². The van der Waals surface area contributed by atoms with E-state index in [-0.39, 0.29) is 12.3 Å². The van der Waals surface area contributed by atoms with Crippen molar-refractivity contribution in [2.45, 2.75) is 45.3 Å². The average Bonchev–Trinajstić information content (AvgIpc) is 3.02. The fraction of sp³-hybridized carbons (Fsp3) is 0.500. The van der Waals surface area contributed by atoms with Crippen LogP contribution in [0.3, 0.4) is 0 Å². The first-order valence-electron chi connectivity index (χ1n) is 9.02. The lowest BCUT2D eigenvalue weighted by molar-refractivity contribution is -0.120. The maximum absolute atomic E-state index is 12.3. The third-order valence-electron chi connectivity index (χ3n) is 5.61. The highest BCUT2D eigenvalue weighted by Crippen LogP contribution is 2.37. The Kier molecular flexibility index (Phi) is 3.87. The number of imide groups is 1. The number of amides is 3. The van der Waals surface area contributed by atoms with Crippen molar-refractivity contribution in [1.29, 1.82) is 0 Å². The predicted octanol–water partition coefficient (Wildman–Crippen LogP) is 1.32. The van der Waals surface area contributed by atoms with E-state index < -0.39 is 24.4 Å². The zero-order chi connectivity index (χ0) is 19.6. The van der Waals surface area contributed by atoms with Crippen molar-refractivity contribution in [2.75, 3.05) is 11.4 Å². The zero-order valence-electron chi connectivity index (χ0n) is 16.2. The standard InChI is InChI=1S/C18H23BN4O4/c1-17(2)18(3,4)27-19(26-17)13-9-12(8-11-10-22(5)21-15(11)13)23-7-6-14(24)20-16(23)25/h8-10H,6-7H2,1-5H3,(H,20,24,25). The number of rotatable bonds is 2. The quantitative estimate of drug-likeness (QED) is 0.806. The Bertz CT molecular complexity index is 936. The molecule has 2 aliphatic heterocycles. The van der Waals surface area contributed by atoms with Crippen LogP contribution in [0, 0.1) is 0 Å². The normalized spacial score (nSPS) is 21.8. The molecule has 0 spiro atoms. The number of fused-ring (bicyclic) bond motifs is 1. The molecule has 2 saturated heterocycles. The number of aromatic nitrogens is 2. The molecule has 3 amide bonds. The molecular formula is C18H23BN4O4. The van der Waals surface area contributed by atoms with E-state index in [2.05, 4.69) is 10.4 Å². The molecule has 2 aliphatic rings. The van der Waals surface area contributed by atoms with Gasteiger partial charge in [-0.2, -0.15) is 5.10 Å². The first kappa shape index (κ1) is 18.0. The van der Waals surface area contributed by atoms with E-state index in [1.54, 1.807) is 9.58 Å². The van der Waals surface area contributed by atoms with Gasteiger partial charge in [0.05, 0.1) is 16.7 Å². The van der Waals surface area contributed by atoms with Gasteiger partial charge < -0.3 is 9.31 Å². The third-order valence-corrected chi connectivity index (χ3v) is 5.61. The van der Waals surface area contributed by atoms with Gasteiger partial charge >= 0.3 is 13.1 Å². The molecule has 1 aromatic heterocycles. The Hall–Kier alpha value is -2.39. The number of nitrogens with one attached hydrogen (secondary N) is 1. The van der Waals surface area contributed by atoms with Gasteiger partial charge in [0, 0.05) is 42.7 Å². The van der Waals surface area contributed by atoms with E-state index in [1.165, 1.54) is 0 Å². The average molecular weight is 370 g/mol. The van der Waals surface area contributed by atoms with Crippen LogP contribution in [0.4, 0.5) is 10.5 Å². The van der Waals surface area contributed by atoms with Crippen molar-refractivity contribution in [3.63, 3.8) is 0 Å². The molecule has 0 aliphatic carbocycles. The first-order valence-corrected chi connectivity index (χ1v) is 9.02. The Morgan fingerprint density at radius 1 is 1.15 bits per heavy atom. The van der Waals surface area contributed by atoms with E-state index in [0.29, 0.717) is 12.2 Å². The van der Waals surface area contributed by atoms with Crippen molar-refractivity contribution < 1.29 is 18.9 Å². The van der Waals surface area contributed by atoms with Gasteiger partial charge in [0.25, 0.3) is 0 Å². The molecule has 8 nitrogen and oxygen atoms in total. The molecule has 0 atom stereocenters. The number of hydrogen-bond donors (Lipinski definition) is 1. The van der Waals surface area contributed by atoms with Crippen LogP contribution in [-0.2, 0) is 21.2 Å². The van der Waals surface area contributed by atoms with Crippen LogP contribution in [0.1, 0.15) is 34.1 Å². The minimum absolute atomic E-state index is 0.259. The second kappa shape index (κ2) is 5.80. The van der Waals surface area contributed by atoms with Crippen molar-refractivity contribution >= 4 is 41.1 Å². The zero-order valence-corrected chi connectivity index (χ0v) is 16.2. The summed E-state index contributed by atoms with van der Waals surface area (Å²) in [6.07, 6.45) is 2.16. The Morgan fingerprint density at radius 2 is 1.81 bits per heavy atom. The van der Waals surface area contributed by atoms with Crippen LogP contribution in [0.15, 0.2) is 18.3 Å². The fourth-order valence-corrected chi connectivity index (χ4v) is 3.38. The summed E-state index contributed by atoms with van der Waals surface area (Å²) in [7, 11) is 1.25. The molecule has 2 aromatic rings. The van der Waals surface area contributed by atoms with Gasteiger partial charge in [-0.25, -0.2) is 4.79 Å². The van der Waals surface area contributed by atoms with E-state index in [1.807, 2.05) is 53.1 Å². The molecule has 1 aromatic carbocycles. The predicted molar refractivity (Wildman–Crippen MR) is 102 cm³/mol. The summed E-state index contributed by atoms with van der Waals surface area (Å²) in [5.74, 6) is -0.259. The van der Waals surface area contributed by atoms with Crippen molar-refractivity contribution in [3.8, 4) is 0 Å². The monoisotopic (exact) mass is 370 g/mol. The molecule has 27 heavy (non-hydrogen) atoms. The molecule has 0 saturated carbocycles. The van der Waals surface area contributed by atoms with Crippen LogP contribution >= 0.6 is 0 Å². The van der Waals surface area contributed by atoms with Crippen LogP contribution in [-0.4, -0.2) is 46.6 Å². The van der Waals surface area contributed by atoms with E-state index in [9.17, 15) is 9.59 Å². The maximum atomic E-state index is 12.3. The summed E-state index contributed by atoms with van der Waals surface area (Å²) in [6.45, 7) is 8.32. The number of aryl methyl sites for hydroxylation is 1. The minimum Gasteiger partial charge on any atom is -0.399 e. The van der Waals surface area contributed by atoms with Gasteiger partial charge in [-0.15, -0.1) is 0 Å². The van der Waals surface area contributed by atoms with Crippen molar-refractivity contribution in [1.82, 2.24) is 15.1 Å². The number of urea groups is 1. The topological polar surface area (TPSA) is 85.7 Å². The number of anilines is 1. The summed E-state index contributed by atoms with van der Waals surface area (Å²) in [6, 6.07) is 3.34. The lowest BCUT2D eigenvalue weighted by Gasteiger charge is -2.32. The molecule has 3 heterocycles. The van der Waals surface area contributed by atoms with Gasteiger partial charge in [0.2, 0.25) is 5.91 Å². The van der Waals surface area contributed by atoms with E-state index in [0.717, 1.165) is 16.4 Å². The van der Waals surface area contributed by atoms with Gasteiger partial charge in [-0.1, -0.05) is 0 Å². The van der Waals surface area contributed by atoms with Gasteiger partial charge in [-0.3, -0.25) is 19.7 Å². The highest BCUT2D eigenvalue weighted by atomic mass is 16.7. The van der Waals surface area contributed by atoms with Crippen molar-refractivity contribution in [3.05, 3.63) is 18.3 Å². The fourth-order valence-electron chi connectivity index (χ4n) is 3.38. The summed E-state index contributed by atoms with van der Waals surface area (Å²) in [5.41, 5.74) is 1.26. The molecule has 0 unspecified atom stereocenters. The van der Waals surface area contributed by atoms with Crippen LogP contribution in [0.25, 0.3) is 10.9 Å². The number of carbonyl (C=O) groups excluding carboxylic acids is 2. The smallest absolute Gasteiger partial charge is 0.399 e. The molecule has 0 radical (unpaired) electrons. The molecule has 1 N–H and O–H groups in total. The molecule has 0 bridgehead atoms. The lowest BCUT2D eigenvalue weighted by Crippen LogP contribution is -2.50. The first-order chi connectivity index (χ1) is 12.6. The Morgan fingerprint density at radius 3 is 2.44 bits per heavy atom. The van der Waals surface area contributed by atoms with Crippen molar-refractivity contribution in [2.24, 2.45) is 7.05 Å². The maximum Gasteiger partial charge on any atom is 0.497 e. The third kappa shape index (κ3) is 2.91. The molecule has 142 valence electrons. The second-order valence-electron chi connectivity index (χ2n) is 8.12. The number of benzene rings is 1. The van der Waals surface area contributed by atoms with E-state index >= 15 is 0 Å². The number of carbonyl (C=O) groups is 2. The molecule has 2 fully saturated rings. The summed E-state index contributed by atoms with van der Waals surface area (Å²) >= 11 is 0. The minimum atomic E-state index is -0.596. The van der Waals surface area contributed by atoms with Crippen LogP contribution < -0.4 is 15.7 Å². The van der Waals surface area contributed by atoms with Crippen LogP contribution in [0.2, 0.25) is 0 Å². The Labute approximate surface area is 157 Å². The highest BCUT2D eigenvalue weighted by Gasteiger charge is 2.52. The largest absolute Gasteiger partial charge is 0.497 e. The molecule has 4 rings (SSSR count). The Balaban J connectivity index is 1.81. The summed E-state index contributed by atoms with van der Waals surface area (Å²) in [4.78, 5) is 25.3. The second-order valence-corrected chi connectivity index (χ2v) is 8.12. The number of hydrogen-bond acceptors (Lipinski definition) is 5. The molecule has 9 heteroatoms. The lowest BCUT2D eigenvalue weighted by atomic mass is 9.77. The van der Waals surface area contributed by atoms with Gasteiger partial charge in [-0.05, 0) is 39.8 Å². The number of nitrogens with zero attached hydrogens (tertiary/aromatic N) is 3. The van der Waals surface area contributed by atoms with Gasteiger partial charge in [0.15, 0.2) is 0 Å². The summed E-state index contributed by atoms with van der Waals surface area (Å²) in [5, 5.41) is 7.79. The van der Waals surface area contributed by atoms with Crippen LogP contribution in [0.5, 0.6) is 0 Å². The highest BCUT2D eigenvalue weighted by molar-refractivity contribution is 6.65.